The molecule has 21 heavy (non-hydrogen) atoms. The molecular formula is C13H11ClN4O2S. The second-order valence-electron chi connectivity index (χ2n) is 4.42. The molecule has 6 nitrogen and oxygen atoms in total. The number of rotatable bonds is 4. The number of carbonyl (C=O) groups is 1. The van der Waals surface area contributed by atoms with Crippen LogP contribution in [0.25, 0.3) is 16.7 Å². The van der Waals surface area contributed by atoms with Crippen LogP contribution in [0.5, 0.6) is 0 Å². The standard InChI is InChI=1S/C13H11ClN4O2S/c1-17-6-9(5-15-17)18-11-4-8(14)2-3-10(11)16-13(18)21-7-12(19)20/h2-6H,7H2,1H3,(H,19,20). The van der Waals surface area contributed by atoms with Crippen LogP contribution < -0.4 is 0 Å². The second kappa shape index (κ2) is 5.42. The molecule has 3 rings (SSSR count). The van der Waals surface area contributed by atoms with Gasteiger partial charge < -0.3 is 5.11 Å². The number of hydrogen-bond acceptors (Lipinski definition) is 4. The van der Waals surface area contributed by atoms with Gasteiger partial charge in [-0.25, -0.2) is 4.98 Å². The number of aryl methyl sites for hydroxylation is 1. The molecule has 0 fully saturated rings. The molecule has 108 valence electrons. The Morgan fingerprint density at radius 2 is 2.29 bits per heavy atom. The number of nitrogens with zero attached hydrogens (tertiary/aromatic N) is 4. The van der Waals surface area contributed by atoms with Crippen molar-refractivity contribution in [3.63, 3.8) is 0 Å². The molecule has 0 saturated heterocycles. The van der Waals surface area contributed by atoms with Crippen molar-refractivity contribution in [2.24, 2.45) is 7.05 Å². The Balaban J connectivity index is 2.18. The van der Waals surface area contributed by atoms with Gasteiger partial charge in [0.05, 0.1) is 28.7 Å². The van der Waals surface area contributed by atoms with Crippen LogP contribution in [-0.2, 0) is 11.8 Å². The van der Waals surface area contributed by atoms with Crippen LogP contribution in [0, 0.1) is 0 Å². The van der Waals surface area contributed by atoms with Gasteiger partial charge in [0.1, 0.15) is 0 Å². The summed E-state index contributed by atoms with van der Waals surface area (Å²) in [4.78, 5) is 15.3. The largest absolute Gasteiger partial charge is 0.481 e. The van der Waals surface area contributed by atoms with Gasteiger partial charge in [0, 0.05) is 18.3 Å². The summed E-state index contributed by atoms with van der Waals surface area (Å²) < 4.78 is 3.54. The molecule has 0 atom stereocenters. The van der Waals surface area contributed by atoms with Crippen molar-refractivity contribution >= 4 is 40.4 Å². The predicted octanol–water partition coefficient (Wildman–Crippen LogP) is 2.59. The van der Waals surface area contributed by atoms with E-state index in [9.17, 15) is 4.79 Å². The number of hydrogen-bond donors (Lipinski definition) is 1. The highest BCUT2D eigenvalue weighted by molar-refractivity contribution is 7.99. The van der Waals surface area contributed by atoms with E-state index in [1.807, 2.05) is 29.9 Å². The van der Waals surface area contributed by atoms with Gasteiger partial charge in [-0.05, 0) is 18.2 Å². The van der Waals surface area contributed by atoms with Gasteiger partial charge in [0.15, 0.2) is 5.16 Å². The smallest absolute Gasteiger partial charge is 0.313 e. The number of halogens is 1. The molecule has 0 spiro atoms. The first-order chi connectivity index (χ1) is 10.0. The molecule has 0 unspecified atom stereocenters. The van der Waals surface area contributed by atoms with Gasteiger partial charge in [-0.2, -0.15) is 5.10 Å². The zero-order chi connectivity index (χ0) is 15.0. The average Bonchev–Trinajstić information content (AvgIpc) is 2.99. The van der Waals surface area contributed by atoms with Crippen LogP contribution in [0.3, 0.4) is 0 Å². The molecule has 0 radical (unpaired) electrons. The SMILES string of the molecule is Cn1cc(-n2c(SCC(=O)O)nc3ccc(Cl)cc32)cn1. The minimum absolute atomic E-state index is 0.0582. The van der Waals surface area contributed by atoms with Crippen LogP contribution in [0.15, 0.2) is 35.7 Å². The summed E-state index contributed by atoms with van der Waals surface area (Å²) in [7, 11) is 1.82. The van der Waals surface area contributed by atoms with Crippen molar-refractivity contribution in [2.75, 3.05) is 5.75 Å². The van der Waals surface area contributed by atoms with E-state index >= 15 is 0 Å². The van der Waals surface area contributed by atoms with E-state index in [0.717, 1.165) is 28.5 Å². The van der Waals surface area contributed by atoms with E-state index in [0.29, 0.717) is 10.2 Å². The molecule has 1 aromatic carbocycles. The minimum atomic E-state index is -0.886. The summed E-state index contributed by atoms with van der Waals surface area (Å²) in [6.07, 6.45) is 3.54. The summed E-state index contributed by atoms with van der Waals surface area (Å²) >= 11 is 7.22. The first kappa shape index (κ1) is 14.0. The van der Waals surface area contributed by atoms with Gasteiger partial charge in [0.2, 0.25) is 0 Å². The Morgan fingerprint density at radius 3 is 2.95 bits per heavy atom. The van der Waals surface area contributed by atoms with Crippen molar-refractivity contribution in [3.05, 3.63) is 35.6 Å². The van der Waals surface area contributed by atoms with Gasteiger partial charge in [0.25, 0.3) is 0 Å². The fraction of sp³-hybridized carbons (Fsp3) is 0.154. The average molecular weight is 323 g/mol. The number of imidazole rings is 1. The van der Waals surface area contributed by atoms with Crippen molar-refractivity contribution in [1.29, 1.82) is 0 Å². The maximum atomic E-state index is 10.8. The van der Waals surface area contributed by atoms with Crippen molar-refractivity contribution < 1.29 is 9.90 Å². The number of carboxylic acid groups (broad SMARTS) is 1. The third kappa shape index (κ3) is 2.74. The van der Waals surface area contributed by atoms with E-state index in [2.05, 4.69) is 10.1 Å². The monoisotopic (exact) mass is 322 g/mol. The van der Waals surface area contributed by atoms with E-state index in [1.165, 1.54) is 0 Å². The first-order valence-corrected chi connectivity index (χ1v) is 7.42. The van der Waals surface area contributed by atoms with Gasteiger partial charge in [-0.15, -0.1) is 0 Å². The quantitative estimate of drug-likeness (QED) is 0.747. The number of thioether (sulfide) groups is 1. The Bertz CT molecular complexity index is 827. The molecule has 0 bridgehead atoms. The summed E-state index contributed by atoms with van der Waals surface area (Å²) in [6, 6.07) is 5.38. The molecule has 2 aromatic heterocycles. The van der Waals surface area contributed by atoms with E-state index in [4.69, 9.17) is 16.7 Å². The number of benzene rings is 1. The van der Waals surface area contributed by atoms with Gasteiger partial charge >= 0.3 is 5.97 Å². The number of carboxylic acids is 1. The maximum absolute atomic E-state index is 10.8. The Kier molecular flexibility index (Phi) is 3.60. The maximum Gasteiger partial charge on any atom is 0.313 e. The molecule has 3 aromatic rings. The molecule has 8 heteroatoms. The predicted molar refractivity (Wildman–Crippen MR) is 81.2 cm³/mol. The Labute approximate surface area is 129 Å². The highest BCUT2D eigenvalue weighted by Crippen LogP contribution is 2.29. The fourth-order valence-corrected chi connectivity index (χ4v) is 2.94. The summed E-state index contributed by atoms with van der Waals surface area (Å²) in [5.74, 6) is -0.944. The second-order valence-corrected chi connectivity index (χ2v) is 5.80. The third-order valence-corrected chi connectivity index (χ3v) is 4.02. The van der Waals surface area contributed by atoms with E-state index < -0.39 is 5.97 Å². The molecule has 0 aliphatic carbocycles. The highest BCUT2D eigenvalue weighted by atomic mass is 35.5. The lowest BCUT2D eigenvalue weighted by Gasteiger charge is -2.05. The van der Waals surface area contributed by atoms with Crippen LogP contribution in [0.4, 0.5) is 0 Å². The third-order valence-electron chi connectivity index (χ3n) is 2.86. The van der Waals surface area contributed by atoms with Gasteiger partial charge in [-0.3, -0.25) is 14.0 Å². The van der Waals surface area contributed by atoms with Crippen LogP contribution in [0.1, 0.15) is 0 Å². The molecule has 1 N–H and O–H groups in total. The first-order valence-electron chi connectivity index (χ1n) is 6.06. The van der Waals surface area contributed by atoms with E-state index in [-0.39, 0.29) is 5.75 Å². The zero-order valence-electron chi connectivity index (χ0n) is 11.0. The summed E-state index contributed by atoms with van der Waals surface area (Å²) in [5, 5.41) is 14.2. The number of fused-ring (bicyclic) bond motifs is 1. The highest BCUT2D eigenvalue weighted by Gasteiger charge is 2.15. The van der Waals surface area contributed by atoms with Gasteiger partial charge in [-0.1, -0.05) is 23.4 Å². The topological polar surface area (TPSA) is 72.9 Å². The number of aromatic nitrogens is 4. The molecule has 0 amide bonds. The lowest BCUT2D eigenvalue weighted by atomic mass is 10.3. The van der Waals surface area contributed by atoms with Crippen LogP contribution >= 0.6 is 23.4 Å². The molecule has 0 aliphatic heterocycles. The molecule has 0 saturated carbocycles. The van der Waals surface area contributed by atoms with Crippen molar-refractivity contribution in [1.82, 2.24) is 19.3 Å². The fourth-order valence-electron chi connectivity index (χ4n) is 2.02. The molecule has 2 heterocycles. The zero-order valence-corrected chi connectivity index (χ0v) is 12.6. The Morgan fingerprint density at radius 1 is 1.48 bits per heavy atom. The van der Waals surface area contributed by atoms with E-state index in [1.54, 1.807) is 16.9 Å². The lowest BCUT2D eigenvalue weighted by molar-refractivity contribution is -0.133. The van der Waals surface area contributed by atoms with Crippen molar-refractivity contribution in [2.45, 2.75) is 5.16 Å². The summed E-state index contributed by atoms with van der Waals surface area (Å²) in [5.41, 5.74) is 2.40. The van der Waals surface area contributed by atoms with Crippen LogP contribution in [0.2, 0.25) is 5.02 Å². The molecular weight excluding hydrogens is 312 g/mol. The van der Waals surface area contributed by atoms with Crippen LogP contribution in [-0.4, -0.2) is 36.2 Å². The lowest BCUT2D eigenvalue weighted by Crippen LogP contribution is -2.01. The molecule has 0 aliphatic rings. The minimum Gasteiger partial charge on any atom is -0.481 e. The normalized spacial score (nSPS) is 11.1. The number of aliphatic carboxylic acids is 1. The summed E-state index contributed by atoms with van der Waals surface area (Å²) in [6.45, 7) is 0. The Hall–Kier alpha value is -1.99. The van der Waals surface area contributed by atoms with Crippen molar-refractivity contribution in [3.8, 4) is 5.69 Å².